The van der Waals surface area contributed by atoms with Crippen LogP contribution < -0.4 is 11.2 Å². The average molecular weight is 500 g/mol. The van der Waals surface area contributed by atoms with Gasteiger partial charge in [0.2, 0.25) is 5.91 Å². The summed E-state index contributed by atoms with van der Waals surface area (Å²) >= 11 is 1.78. The summed E-state index contributed by atoms with van der Waals surface area (Å²) in [4.78, 5) is 49.4. The zero-order valence-corrected chi connectivity index (χ0v) is 22.0. The van der Waals surface area contributed by atoms with Gasteiger partial charge in [0, 0.05) is 37.4 Å². The highest BCUT2D eigenvalue weighted by Crippen LogP contribution is 2.35. The Labute approximate surface area is 210 Å². The number of hydrogen-bond acceptors (Lipinski definition) is 5. The molecule has 1 N–H and O–H groups in total. The Morgan fingerprint density at radius 2 is 1.89 bits per heavy atom. The third-order valence-electron chi connectivity index (χ3n) is 7.05. The molecule has 0 saturated heterocycles. The number of nitrogens with zero attached hydrogens (tertiary/aromatic N) is 4. The van der Waals surface area contributed by atoms with Gasteiger partial charge in [0.15, 0.2) is 11.2 Å². The monoisotopic (exact) mass is 499 g/mol. The van der Waals surface area contributed by atoms with Crippen molar-refractivity contribution in [2.75, 3.05) is 6.54 Å². The number of thiophene rings is 1. The SMILES string of the molecule is CCCCCn1c(CCC(=O)N2CCc3sccc3C2CC)nc2c1c(=O)[nH]c(=O)n2CCCC. The van der Waals surface area contributed by atoms with Crippen molar-refractivity contribution >= 4 is 28.4 Å². The van der Waals surface area contributed by atoms with Crippen LogP contribution in [0.2, 0.25) is 0 Å². The largest absolute Gasteiger partial charge is 0.335 e. The second kappa shape index (κ2) is 11.4. The van der Waals surface area contributed by atoms with E-state index in [4.69, 9.17) is 4.98 Å². The number of carbonyl (C=O) groups excluding carboxylic acids is 1. The van der Waals surface area contributed by atoms with E-state index in [1.807, 2.05) is 9.47 Å². The van der Waals surface area contributed by atoms with Crippen LogP contribution >= 0.6 is 11.3 Å². The quantitative estimate of drug-likeness (QED) is 0.396. The first kappa shape index (κ1) is 25.4. The molecule has 0 radical (unpaired) electrons. The van der Waals surface area contributed by atoms with Crippen molar-refractivity contribution in [1.29, 1.82) is 0 Å². The second-order valence-corrected chi connectivity index (χ2v) is 10.4. The molecule has 1 aliphatic heterocycles. The molecule has 0 aromatic carbocycles. The molecule has 35 heavy (non-hydrogen) atoms. The Balaban J connectivity index is 1.63. The van der Waals surface area contributed by atoms with Gasteiger partial charge in [-0.1, -0.05) is 40.0 Å². The van der Waals surface area contributed by atoms with E-state index in [1.54, 1.807) is 15.9 Å². The van der Waals surface area contributed by atoms with E-state index >= 15 is 0 Å². The summed E-state index contributed by atoms with van der Waals surface area (Å²) in [6, 6.07) is 2.28. The minimum Gasteiger partial charge on any atom is -0.335 e. The summed E-state index contributed by atoms with van der Waals surface area (Å²) < 4.78 is 3.53. The van der Waals surface area contributed by atoms with Gasteiger partial charge in [-0.15, -0.1) is 11.3 Å². The molecule has 4 heterocycles. The van der Waals surface area contributed by atoms with Crippen LogP contribution in [0.1, 0.15) is 88.0 Å². The molecule has 3 aromatic rings. The van der Waals surface area contributed by atoms with Crippen LogP contribution in [0.4, 0.5) is 0 Å². The smallest absolute Gasteiger partial charge is 0.330 e. The van der Waals surface area contributed by atoms with Gasteiger partial charge < -0.3 is 9.47 Å². The maximum atomic E-state index is 13.4. The maximum Gasteiger partial charge on any atom is 0.330 e. The third kappa shape index (κ3) is 5.15. The minimum absolute atomic E-state index is 0.123. The molecule has 9 heteroatoms. The van der Waals surface area contributed by atoms with Gasteiger partial charge in [0.25, 0.3) is 5.56 Å². The molecule has 0 saturated carbocycles. The molecule has 1 unspecified atom stereocenters. The number of unbranched alkanes of at least 4 members (excludes halogenated alkanes) is 3. The van der Waals surface area contributed by atoms with Gasteiger partial charge in [-0.25, -0.2) is 9.78 Å². The van der Waals surface area contributed by atoms with Crippen molar-refractivity contribution in [1.82, 2.24) is 24.0 Å². The standard InChI is InChI=1S/C26H37N5O3S/c1-4-7-9-15-30-21(27-24-23(30)25(33)28-26(34)31(24)14-8-5-2)10-11-22(32)29-16-12-20-18(13-17-35-20)19(29)6-3/h13,17,19H,4-12,14-16H2,1-3H3,(H,28,33,34). The maximum absolute atomic E-state index is 13.4. The normalized spacial score (nSPS) is 15.6. The molecule has 8 nitrogen and oxygen atoms in total. The van der Waals surface area contributed by atoms with Gasteiger partial charge in [-0.3, -0.25) is 19.1 Å². The molecule has 4 rings (SSSR count). The second-order valence-electron chi connectivity index (χ2n) is 9.38. The first-order valence-corrected chi connectivity index (χ1v) is 14.0. The fourth-order valence-electron chi connectivity index (χ4n) is 5.19. The zero-order valence-electron chi connectivity index (χ0n) is 21.1. The van der Waals surface area contributed by atoms with Crippen LogP contribution in [0.5, 0.6) is 0 Å². The number of nitrogens with one attached hydrogen (secondary N) is 1. The van der Waals surface area contributed by atoms with Gasteiger partial charge in [0.05, 0.1) is 6.04 Å². The lowest BCUT2D eigenvalue weighted by Gasteiger charge is -2.35. The van der Waals surface area contributed by atoms with Crippen LogP contribution in [0.3, 0.4) is 0 Å². The molecule has 1 atom stereocenters. The fraction of sp³-hybridized carbons (Fsp3) is 0.615. The van der Waals surface area contributed by atoms with Crippen LogP contribution in [-0.4, -0.2) is 36.5 Å². The Morgan fingerprint density at radius 3 is 2.63 bits per heavy atom. The average Bonchev–Trinajstić information content (AvgIpc) is 3.47. The number of fused-ring (bicyclic) bond motifs is 2. The highest BCUT2D eigenvalue weighted by molar-refractivity contribution is 7.10. The summed E-state index contributed by atoms with van der Waals surface area (Å²) in [5.41, 5.74) is 1.37. The number of hydrogen-bond donors (Lipinski definition) is 1. The zero-order chi connectivity index (χ0) is 24.9. The van der Waals surface area contributed by atoms with Gasteiger partial charge in [0.1, 0.15) is 5.82 Å². The van der Waals surface area contributed by atoms with Crippen molar-refractivity contribution in [3.63, 3.8) is 0 Å². The van der Waals surface area contributed by atoms with Gasteiger partial charge in [-0.2, -0.15) is 0 Å². The number of imidazole rings is 1. The summed E-state index contributed by atoms with van der Waals surface area (Å²) in [7, 11) is 0. The predicted octanol–water partition coefficient (Wildman–Crippen LogP) is 4.41. The minimum atomic E-state index is -0.414. The molecule has 3 aromatic heterocycles. The number of amides is 1. The summed E-state index contributed by atoms with van der Waals surface area (Å²) in [6.07, 6.45) is 7.38. The van der Waals surface area contributed by atoms with Crippen LogP contribution in [0.15, 0.2) is 21.0 Å². The molecule has 0 bridgehead atoms. The van der Waals surface area contributed by atoms with Gasteiger partial charge >= 0.3 is 5.69 Å². The number of rotatable bonds is 11. The van der Waals surface area contributed by atoms with Crippen molar-refractivity contribution in [2.45, 2.75) is 97.7 Å². The summed E-state index contributed by atoms with van der Waals surface area (Å²) in [5.74, 6) is 0.838. The molecular weight excluding hydrogens is 462 g/mol. The Hall–Kier alpha value is -2.68. The number of aryl methyl sites for hydroxylation is 3. The predicted molar refractivity (Wildman–Crippen MR) is 140 cm³/mol. The van der Waals surface area contributed by atoms with E-state index in [2.05, 4.69) is 37.2 Å². The molecule has 1 aliphatic rings. The van der Waals surface area contributed by atoms with Gasteiger partial charge in [-0.05, 0) is 42.7 Å². The van der Waals surface area contributed by atoms with E-state index in [9.17, 15) is 14.4 Å². The lowest BCUT2D eigenvalue weighted by Crippen LogP contribution is -2.39. The summed E-state index contributed by atoms with van der Waals surface area (Å²) in [5, 5.41) is 2.12. The highest BCUT2D eigenvalue weighted by Gasteiger charge is 2.30. The van der Waals surface area contributed by atoms with E-state index in [1.165, 1.54) is 10.4 Å². The van der Waals surface area contributed by atoms with E-state index in [0.29, 0.717) is 42.9 Å². The molecule has 0 aliphatic carbocycles. The van der Waals surface area contributed by atoms with E-state index < -0.39 is 11.2 Å². The number of carbonyl (C=O) groups is 1. The number of aromatic amines is 1. The molecule has 1 amide bonds. The molecule has 190 valence electrons. The first-order chi connectivity index (χ1) is 17.0. The summed E-state index contributed by atoms with van der Waals surface area (Å²) in [6.45, 7) is 8.26. The van der Waals surface area contributed by atoms with Crippen molar-refractivity contribution in [3.8, 4) is 0 Å². The van der Waals surface area contributed by atoms with Crippen LogP contribution in [-0.2, 0) is 30.7 Å². The van der Waals surface area contributed by atoms with E-state index in [0.717, 1.165) is 51.5 Å². The molecule has 0 fully saturated rings. The Kier molecular flexibility index (Phi) is 8.26. The fourth-order valence-corrected chi connectivity index (χ4v) is 6.12. The highest BCUT2D eigenvalue weighted by atomic mass is 32.1. The topological polar surface area (TPSA) is 93.0 Å². The van der Waals surface area contributed by atoms with Crippen LogP contribution in [0.25, 0.3) is 11.2 Å². The first-order valence-electron chi connectivity index (χ1n) is 13.1. The number of aromatic nitrogens is 4. The van der Waals surface area contributed by atoms with Crippen LogP contribution in [0, 0.1) is 0 Å². The van der Waals surface area contributed by atoms with Crippen molar-refractivity contribution in [3.05, 3.63) is 48.5 Å². The Morgan fingerprint density at radius 1 is 1.11 bits per heavy atom. The Bertz CT molecular complexity index is 1280. The van der Waals surface area contributed by atoms with Crippen molar-refractivity contribution in [2.24, 2.45) is 0 Å². The van der Waals surface area contributed by atoms with Crippen molar-refractivity contribution < 1.29 is 4.79 Å². The lowest BCUT2D eigenvalue weighted by molar-refractivity contribution is -0.134. The van der Waals surface area contributed by atoms with E-state index in [-0.39, 0.29) is 11.9 Å². The third-order valence-corrected chi connectivity index (χ3v) is 8.05. The lowest BCUT2D eigenvalue weighted by atomic mass is 9.97. The molecular formula is C26H37N5O3S. The molecule has 0 spiro atoms. The number of H-pyrrole nitrogens is 1.